The number of halogens is 2. The highest BCUT2D eigenvalue weighted by Crippen LogP contribution is 2.26. The Balaban J connectivity index is 1.31. The zero-order chi connectivity index (χ0) is 23.2. The number of rotatable bonds is 9. The van der Waals surface area contributed by atoms with Gasteiger partial charge < -0.3 is 19.7 Å². The molecule has 1 heterocycles. The average Bonchev–Trinajstić information content (AvgIpc) is 3.30. The smallest absolute Gasteiger partial charge is 0.490 e. The number of amides is 1. The van der Waals surface area contributed by atoms with Crippen LogP contribution < -0.4 is 15.5 Å². The van der Waals surface area contributed by atoms with Crippen LogP contribution in [-0.4, -0.2) is 41.5 Å². The maximum absolute atomic E-state index is 13.3. The number of H-pyrrole nitrogens is 1. The minimum absolute atomic E-state index is 0.0642. The molecule has 33 heavy (non-hydrogen) atoms. The lowest BCUT2D eigenvalue weighted by molar-refractivity contribution is 0.0950. The Morgan fingerprint density at radius 3 is 2.85 bits per heavy atom. The van der Waals surface area contributed by atoms with E-state index in [0.29, 0.717) is 27.8 Å². The molecule has 0 radical (unpaired) electrons. The number of ether oxygens (including phenoxy) is 1. The number of benzene rings is 3. The second kappa shape index (κ2) is 10.6. The number of carbonyl (C=O) groups excluding carboxylic acids is 1. The topological polar surface area (TPSA) is 96.5 Å². The first kappa shape index (κ1) is 23.0. The van der Waals surface area contributed by atoms with Gasteiger partial charge in [-0.05, 0) is 57.3 Å². The summed E-state index contributed by atoms with van der Waals surface area (Å²) in [5.74, 6) is -0.240. The largest absolute Gasteiger partial charge is 0.491 e. The van der Waals surface area contributed by atoms with Crippen molar-refractivity contribution in [3.8, 4) is 5.75 Å². The molecule has 0 saturated heterocycles. The molecule has 1 amide bonds. The molecule has 10 heteroatoms. The van der Waals surface area contributed by atoms with Gasteiger partial charge >= 0.3 is 7.12 Å². The van der Waals surface area contributed by atoms with Crippen molar-refractivity contribution >= 4 is 45.3 Å². The highest BCUT2D eigenvalue weighted by atomic mass is 79.9. The first-order chi connectivity index (χ1) is 16.0. The van der Waals surface area contributed by atoms with Crippen LogP contribution in [0.5, 0.6) is 5.75 Å². The van der Waals surface area contributed by atoms with E-state index in [1.165, 1.54) is 18.2 Å². The summed E-state index contributed by atoms with van der Waals surface area (Å²) in [7, 11) is -1.26. The van der Waals surface area contributed by atoms with E-state index in [2.05, 4.69) is 31.4 Å². The van der Waals surface area contributed by atoms with E-state index in [1.54, 1.807) is 30.5 Å². The number of hydrogen-bond acceptors (Lipinski definition) is 5. The average molecular weight is 512 g/mol. The van der Waals surface area contributed by atoms with E-state index >= 15 is 0 Å². The van der Waals surface area contributed by atoms with Gasteiger partial charge in [0.15, 0.2) is 0 Å². The summed E-state index contributed by atoms with van der Waals surface area (Å²) in [6, 6.07) is 16.4. The third-order valence-electron chi connectivity index (χ3n) is 4.95. The first-order valence-electron chi connectivity index (χ1n) is 10.2. The summed E-state index contributed by atoms with van der Waals surface area (Å²) in [6.07, 6.45) is 1.74. The van der Waals surface area contributed by atoms with Gasteiger partial charge in [0.05, 0.1) is 22.8 Å². The molecule has 1 aromatic heterocycles. The van der Waals surface area contributed by atoms with Gasteiger partial charge in [0, 0.05) is 17.5 Å². The van der Waals surface area contributed by atoms with E-state index in [9.17, 15) is 14.2 Å². The fourth-order valence-corrected chi connectivity index (χ4v) is 3.64. The normalized spacial score (nSPS) is 10.9. The number of nitrogens with one attached hydrogen (secondary N) is 2. The fraction of sp³-hybridized carbons (Fsp3) is 0.130. The van der Waals surface area contributed by atoms with Gasteiger partial charge in [0.2, 0.25) is 0 Å². The molecule has 3 aromatic carbocycles. The lowest BCUT2D eigenvalue weighted by Gasteiger charge is -2.12. The number of hydrogen-bond donors (Lipinski definition) is 3. The van der Waals surface area contributed by atoms with Crippen molar-refractivity contribution in [3.05, 3.63) is 88.3 Å². The minimum Gasteiger partial charge on any atom is -0.490 e. The van der Waals surface area contributed by atoms with Crippen molar-refractivity contribution < 1.29 is 23.6 Å². The van der Waals surface area contributed by atoms with Crippen molar-refractivity contribution in [3.63, 3.8) is 0 Å². The van der Waals surface area contributed by atoms with Gasteiger partial charge in [-0.15, -0.1) is 0 Å². The van der Waals surface area contributed by atoms with Crippen LogP contribution in [0, 0.1) is 5.82 Å². The summed E-state index contributed by atoms with van der Waals surface area (Å²) >= 11 is 3.40. The highest BCUT2D eigenvalue weighted by Gasteiger charge is 2.17. The molecule has 3 N–H and O–H groups in total. The second-order valence-electron chi connectivity index (χ2n) is 7.21. The molecular formula is C23H20BBrFN3O4. The Kier molecular flexibility index (Phi) is 7.38. The summed E-state index contributed by atoms with van der Waals surface area (Å²) in [4.78, 5) is 12.7. The fourth-order valence-electron chi connectivity index (χ4n) is 3.28. The standard InChI is InChI=1S/C23H20BBrFN3O4/c25-20-8-7-15(23(30)27-13-16-3-1-4-17-14-28-29-22(16)17)11-21(20)32-9-10-33-24(31)18-5-2-6-19(26)12-18/h1-8,11-12,14,31H,9-10,13H2,(H,27,30)(H,28,29). The Morgan fingerprint density at radius 1 is 1.15 bits per heavy atom. The zero-order valence-electron chi connectivity index (χ0n) is 17.4. The van der Waals surface area contributed by atoms with Crippen LogP contribution >= 0.6 is 15.9 Å². The molecule has 7 nitrogen and oxygen atoms in total. The van der Waals surface area contributed by atoms with Gasteiger partial charge in [-0.2, -0.15) is 5.10 Å². The number of nitrogens with zero attached hydrogens (tertiary/aromatic N) is 1. The van der Waals surface area contributed by atoms with E-state index in [4.69, 9.17) is 9.39 Å². The molecule has 0 saturated carbocycles. The van der Waals surface area contributed by atoms with Gasteiger partial charge in [0.25, 0.3) is 5.91 Å². The predicted molar refractivity (Wildman–Crippen MR) is 127 cm³/mol. The van der Waals surface area contributed by atoms with Crippen molar-refractivity contribution in [1.82, 2.24) is 15.5 Å². The molecule has 0 unspecified atom stereocenters. The van der Waals surface area contributed by atoms with Gasteiger partial charge in [-0.25, -0.2) is 4.39 Å². The van der Waals surface area contributed by atoms with Crippen LogP contribution in [0.1, 0.15) is 15.9 Å². The van der Waals surface area contributed by atoms with Gasteiger partial charge in [-0.3, -0.25) is 9.89 Å². The van der Waals surface area contributed by atoms with E-state index in [-0.39, 0.29) is 19.1 Å². The molecule has 0 bridgehead atoms. The molecular weight excluding hydrogens is 492 g/mol. The summed E-state index contributed by atoms with van der Waals surface area (Å²) < 4.78 is 24.9. The monoisotopic (exact) mass is 511 g/mol. The quantitative estimate of drug-likeness (QED) is 0.237. The first-order valence-corrected chi connectivity index (χ1v) is 11.0. The molecule has 4 rings (SSSR count). The van der Waals surface area contributed by atoms with Gasteiger partial charge in [-0.1, -0.05) is 30.3 Å². The Labute approximate surface area is 198 Å². The number of carbonyl (C=O) groups is 1. The highest BCUT2D eigenvalue weighted by molar-refractivity contribution is 9.10. The van der Waals surface area contributed by atoms with Crippen molar-refractivity contribution in [1.29, 1.82) is 0 Å². The van der Waals surface area contributed by atoms with Crippen LogP contribution in [-0.2, 0) is 11.2 Å². The van der Waals surface area contributed by atoms with Crippen LogP contribution in [0.25, 0.3) is 10.9 Å². The maximum atomic E-state index is 13.3. The van der Waals surface area contributed by atoms with Crippen molar-refractivity contribution in [2.24, 2.45) is 0 Å². The molecule has 0 spiro atoms. The predicted octanol–water partition coefficient (Wildman–Crippen LogP) is 3.18. The van der Waals surface area contributed by atoms with Crippen LogP contribution in [0.3, 0.4) is 0 Å². The van der Waals surface area contributed by atoms with E-state index < -0.39 is 12.9 Å². The number of para-hydroxylation sites is 1. The summed E-state index contributed by atoms with van der Waals surface area (Å²) in [6.45, 7) is 0.531. The lowest BCUT2D eigenvalue weighted by Crippen LogP contribution is -2.35. The molecule has 168 valence electrons. The van der Waals surface area contributed by atoms with E-state index in [0.717, 1.165) is 16.5 Å². The number of aromatic amines is 1. The molecule has 0 aliphatic rings. The summed E-state index contributed by atoms with van der Waals surface area (Å²) in [5, 5.41) is 20.9. The SMILES string of the molecule is O=C(NCc1cccc2cn[nH]c12)c1ccc(Br)c(OCCOB(O)c2cccc(F)c2)c1. The summed E-state index contributed by atoms with van der Waals surface area (Å²) in [5.41, 5.74) is 2.57. The minimum atomic E-state index is -1.26. The van der Waals surface area contributed by atoms with Crippen LogP contribution in [0.2, 0.25) is 0 Å². The van der Waals surface area contributed by atoms with E-state index in [1.807, 2.05) is 18.2 Å². The van der Waals surface area contributed by atoms with Crippen molar-refractivity contribution in [2.45, 2.75) is 6.54 Å². The Bertz CT molecular complexity index is 1270. The Morgan fingerprint density at radius 2 is 2.00 bits per heavy atom. The zero-order valence-corrected chi connectivity index (χ0v) is 19.0. The third-order valence-corrected chi connectivity index (χ3v) is 5.60. The number of aromatic nitrogens is 2. The second-order valence-corrected chi connectivity index (χ2v) is 8.06. The molecule has 0 aliphatic carbocycles. The molecule has 0 aliphatic heterocycles. The molecule has 0 atom stereocenters. The molecule has 0 fully saturated rings. The number of fused-ring (bicyclic) bond motifs is 1. The lowest BCUT2D eigenvalue weighted by atomic mass is 9.79. The van der Waals surface area contributed by atoms with Crippen molar-refractivity contribution in [2.75, 3.05) is 13.2 Å². The molecule has 4 aromatic rings. The van der Waals surface area contributed by atoms with Gasteiger partial charge in [0.1, 0.15) is 18.2 Å². The third kappa shape index (κ3) is 5.78. The Hall–Kier alpha value is -3.21. The van der Waals surface area contributed by atoms with Crippen LogP contribution in [0.15, 0.2) is 71.3 Å². The van der Waals surface area contributed by atoms with Crippen LogP contribution in [0.4, 0.5) is 4.39 Å². The maximum Gasteiger partial charge on any atom is 0.491 e.